The van der Waals surface area contributed by atoms with Gasteiger partial charge in [-0.2, -0.15) is 5.10 Å². The van der Waals surface area contributed by atoms with E-state index < -0.39 is 12.0 Å². The molecule has 1 rings (SSSR count). The van der Waals surface area contributed by atoms with E-state index in [1.54, 1.807) is 19.3 Å². The van der Waals surface area contributed by atoms with Crippen LogP contribution in [0.25, 0.3) is 0 Å². The lowest BCUT2D eigenvalue weighted by atomic mass is 9.99. The third kappa shape index (κ3) is 4.39. The average molecular weight is 267 g/mol. The van der Waals surface area contributed by atoms with E-state index in [0.717, 1.165) is 6.42 Å². The van der Waals surface area contributed by atoms with Gasteiger partial charge in [0.25, 0.3) is 5.91 Å². The molecule has 6 heteroatoms. The molecule has 1 amide bonds. The number of hydrogen-bond acceptors (Lipinski definition) is 4. The molecule has 6 nitrogen and oxygen atoms in total. The van der Waals surface area contributed by atoms with Gasteiger partial charge in [0.05, 0.1) is 7.11 Å². The number of nitrogens with zero attached hydrogens (tertiary/aromatic N) is 2. The number of carbonyl (C=O) groups is 2. The Kier molecular flexibility index (Phi) is 5.54. The van der Waals surface area contributed by atoms with Crippen LogP contribution in [-0.2, 0) is 16.6 Å². The fourth-order valence-corrected chi connectivity index (χ4v) is 1.69. The predicted octanol–water partition coefficient (Wildman–Crippen LogP) is 1.13. The molecule has 0 fully saturated rings. The van der Waals surface area contributed by atoms with Gasteiger partial charge in [0.15, 0.2) is 0 Å². The second-order valence-electron chi connectivity index (χ2n) is 4.67. The second kappa shape index (κ2) is 6.92. The predicted molar refractivity (Wildman–Crippen MR) is 70.6 cm³/mol. The van der Waals surface area contributed by atoms with Crippen molar-refractivity contribution in [1.82, 2.24) is 15.1 Å². The van der Waals surface area contributed by atoms with Gasteiger partial charge in [-0.15, -0.1) is 0 Å². The van der Waals surface area contributed by atoms with Gasteiger partial charge in [0.1, 0.15) is 11.7 Å². The van der Waals surface area contributed by atoms with Crippen molar-refractivity contribution in [2.75, 3.05) is 7.11 Å². The summed E-state index contributed by atoms with van der Waals surface area (Å²) in [7, 11) is 3.05. The highest BCUT2D eigenvalue weighted by molar-refractivity contribution is 5.95. The van der Waals surface area contributed by atoms with E-state index in [2.05, 4.69) is 10.4 Å². The molecular weight excluding hydrogens is 246 g/mol. The van der Waals surface area contributed by atoms with Crippen molar-refractivity contribution in [3.05, 3.63) is 18.0 Å². The lowest BCUT2D eigenvalue weighted by molar-refractivity contribution is -0.143. The van der Waals surface area contributed by atoms with Crippen LogP contribution < -0.4 is 5.32 Å². The molecule has 1 heterocycles. The number of esters is 1. The highest BCUT2D eigenvalue weighted by Crippen LogP contribution is 2.11. The van der Waals surface area contributed by atoms with Crippen LogP contribution in [0.4, 0.5) is 0 Å². The summed E-state index contributed by atoms with van der Waals surface area (Å²) in [6.07, 6.45) is 3.17. The number of methoxy groups -OCH3 is 1. The molecule has 0 spiro atoms. The summed E-state index contributed by atoms with van der Waals surface area (Å²) in [4.78, 5) is 23.6. The minimum atomic E-state index is -0.630. The van der Waals surface area contributed by atoms with Crippen LogP contribution in [0.2, 0.25) is 0 Å². The van der Waals surface area contributed by atoms with Gasteiger partial charge in [-0.3, -0.25) is 9.48 Å². The summed E-state index contributed by atoms with van der Waals surface area (Å²) >= 11 is 0. The lowest BCUT2D eigenvalue weighted by Crippen LogP contribution is -2.42. The number of ether oxygens (including phenoxy) is 1. The van der Waals surface area contributed by atoms with E-state index in [1.165, 1.54) is 11.8 Å². The number of carbonyl (C=O) groups excluding carboxylic acids is 2. The Bertz CT molecular complexity index is 442. The van der Waals surface area contributed by atoms with Crippen molar-refractivity contribution in [3.8, 4) is 0 Å². The summed E-state index contributed by atoms with van der Waals surface area (Å²) in [6.45, 7) is 4.07. The van der Waals surface area contributed by atoms with Crippen LogP contribution in [0.1, 0.15) is 37.2 Å². The quantitative estimate of drug-likeness (QED) is 0.784. The molecule has 0 radical (unpaired) electrons. The first-order valence-corrected chi connectivity index (χ1v) is 6.36. The topological polar surface area (TPSA) is 73.2 Å². The zero-order valence-electron chi connectivity index (χ0n) is 11.8. The van der Waals surface area contributed by atoms with E-state index >= 15 is 0 Å². The molecule has 0 bridgehead atoms. The maximum Gasteiger partial charge on any atom is 0.328 e. The minimum absolute atomic E-state index is 0.292. The minimum Gasteiger partial charge on any atom is -0.467 e. The summed E-state index contributed by atoms with van der Waals surface area (Å²) in [6, 6.07) is 0.974. The number of hydrogen-bond donors (Lipinski definition) is 1. The Balaban J connectivity index is 2.71. The number of aryl methyl sites for hydroxylation is 1. The molecule has 19 heavy (non-hydrogen) atoms. The Labute approximate surface area is 113 Å². The van der Waals surface area contributed by atoms with Crippen LogP contribution in [0, 0.1) is 5.92 Å². The van der Waals surface area contributed by atoms with E-state index in [-0.39, 0.29) is 5.91 Å². The fraction of sp³-hybridized carbons (Fsp3) is 0.615. The van der Waals surface area contributed by atoms with Crippen LogP contribution in [-0.4, -0.2) is 34.8 Å². The standard InChI is InChI=1S/C13H21N3O3/c1-5-9(2)8-11(13(18)19-4)14-12(17)10-6-7-16(3)15-10/h6-7,9,11H,5,8H2,1-4H3,(H,14,17). The first-order chi connectivity index (χ1) is 8.97. The molecule has 2 unspecified atom stereocenters. The maximum absolute atomic E-state index is 12.0. The molecule has 0 aliphatic heterocycles. The third-order valence-corrected chi connectivity index (χ3v) is 3.07. The Morgan fingerprint density at radius 3 is 2.68 bits per heavy atom. The first kappa shape index (κ1) is 15.2. The van der Waals surface area contributed by atoms with Gasteiger partial charge in [-0.25, -0.2) is 4.79 Å². The van der Waals surface area contributed by atoms with Crippen molar-refractivity contribution < 1.29 is 14.3 Å². The van der Waals surface area contributed by atoms with Gasteiger partial charge in [-0.1, -0.05) is 20.3 Å². The Morgan fingerprint density at radius 2 is 2.21 bits per heavy atom. The molecule has 0 aliphatic carbocycles. The second-order valence-corrected chi connectivity index (χ2v) is 4.67. The summed E-state index contributed by atoms with van der Waals surface area (Å²) < 4.78 is 6.26. The lowest BCUT2D eigenvalue weighted by Gasteiger charge is -2.19. The molecule has 1 aromatic rings. The molecule has 1 aromatic heterocycles. The van der Waals surface area contributed by atoms with Gasteiger partial charge in [0, 0.05) is 13.2 Å². The normalized spacial score (nSPS) is 13.7. The highest BCUT2D eigenvalue weighted by Gasteiger charge is 2.24. The van der Waals surface area contributed by atoms with Crippen LogP contribution in [0.15, 0.2) is 12.3 Å². The molecular formula is C13H21N3O3. The fourth-order valence-electron chi connectivity index (χ4n) is 1.69. The molecule has 0 aliphatic rings. The van der Waals surface area contributed by atoms with E-state index in [1.807, 2.05) is 13.8 Å². The third-order valence-electron chi connectivity index (χ3n) is 3.07. The maximum atomic E-state index is 12.0. The monoisotopic (exact) mass is 267 g/mol. The summed E-state index contributed by atoms with van der Waals surface area (Å²) in [5.74, 6) is -0.461. The zero-order chi connectivity index (χ0) is 14.4. The van der Waals surface area contributed by atoms with Crippen molar-refractivity contribution in [2.24, 2.45) is 13.0 Å². The van der Waals surface area contributed by atoms with Gasteiger partial charge < -0.3 is 10.1 Å². The van der Waals surface area contributed by atoms with E-state index in [4.69, 9.17) is 4.74 Å². The number of rotatable bonds is 6. The van der Waals surface area contributed by atoms with Crippen molar-refractivity contribution in [1.29, 1.82) is 0 Å². The molecule has 2 atom stereocenters. The molecule has 0 saturated heterocycles. The van der Waals surface area contributed by atoms with Crippen LogP contribution in [0.3, 0.4) is 0 Å². The van der Waals surface area contributed by atoms with Gasteiger partial charge >= 0.3 is 5.97 Å². The van der Waals surface area contributed by atoms with Crippen LogP contribution >= 0.6 is 0 Å². The van der Waals surface area contributed by atoms with Gasteiger partial charge in [0.2, 0.25) is 0 Å². The number of nitrogens with one attached hydrogen (secondary N) is 1. The average Bonchev–Trinajstić information content (AvgIpc) is 2.83. The Morgan fingerprint density at radius 1 is 1.53 bits per heavy atom. The smallest absolute Gasteiger partial charge is 0.328 e. The van der Waals surface area contributed by atoms with Crippen molar-refractivity contribution >= 4 is 11.9 Å². The van der Waals surface area contributed by atoms with E-state index in [0.29, 0.717) is 18.0 Å². The zero-order valence-corrected chi connectivity index (χ0v) is 11.8. The van der Waals surface area contributed by atoms with Crippen molar-refractivity contribution in [3.63, 3.8) is 0 Å². The largest absolute Gasteiger partial charge is 0.467 e. The summed E-state index contributed by atoms with van der Waals surface area (Å²) in [5, 5.41) is 6.67. The first-order valence-electron chi connectivity index (χ1n) is 6.36. The molecule has 106 valence electrons. The van der Waals surface area contributed by atoms with Crippen LogP contribution in [0.5, 0.6) is 0 Å². The number of aromatic nitrogens is 2. The Hall–Kier alpha value is -1.85. The van der Waals surface area contributed by atoms with E-state index in [9.17, 15) is 9.59 Å². The molecule has 1 N–H and O–H groups in total. The molecule has 0 aromatic carbocycles. The highest BCUT2D eigenvalue weighted by atomic mass is 16.5. The van der Waals surface area contributed by atoms with Gasteiger partial charge in [-0.05, 0) is 18.4 Å². The number of amides is 1. The van der Waals surface area contributed by atoms with Crippen molar-refractivity contribution in [2.45, 2.75) is 32.7 Å². The summed E-state index contributed by atoms with van der Waals surface area (Å²) in [5.41, 5.74) is 0.292. The SMILES string of the molecule is CCC(C)CC(NC(=O)c1ccn(C)n1)C(=O)OC. The molecule has 0 saturated carbocycles.